The third-order valence-corrected chi connectivity index (χ3v) is 2.22. The van der Waals surface area contributed by atoms with E-state index in [1.165, 1.54) is 5.56 Å². The Hall–Kier alpha value is -0.470. The standard InChI is InChI=1S/C10H15NS/c1-2-3-10(11)8-4-6-9(12)7-5-8/h4-7,10,12H,2-3,11H2,1H3. The summed E-state index contributed by atoms with van der Waals surface area (Å²) >= 11 is 4.21. The molecule has 0 spiro atoms. The maximum atomic E-state index is 5.93. The van der Waals surface area contributed by atoms with E-state index < -0.39 is 0 Å². The van der Waals surface area contributed by atoms with Crippen molar-refractivity contribution in [3.63, 3.8) is 0 Å². The molecule has 1 aromatic carbocycles. The molecule has 0 radical (unpaired) electrons. The van der Waals surface area contributed by atoms with Gasteiger partial charge >= 0.3 is 0 Å². The molecular weight excluding hydrogens is 166 g/mol. The predicted octanol–water partition coefficient (Wildman–Crippen LogP) is 2.78. The molecule has 2 heteroatoms. The molecule has 1 rings (SSSR count). The molecular formula is C10H15NS. The minimum absolute atomic E-state index is 0.184. The van der Waals surface area contributed by atoms with Crippen LogP contribution in [0.2, 0.25) is 0 Å². The zero-order valence-electron chi connectivity index (χ0n) is 7.33. The van der Waals surface area contributed by atoms with Crippen molar-refractivity contribution in [1.29, 1.82) is 0 Å². The molecule has 0 bridgehead atoms. The van der Waals surface area contributed by atoms with Crippen molar-refractivity contribution in [3.05, 3.63) is 29.8 Å². The molecule has 0 aromatic heterocycles. The van der Waals surface area contributed by atoms with E-state index in [-0.39, 0.29) is 6.04 Å². The topological polar surface area (TPSA) is 26.0 Å². The molecule has 66 valence electrons. The molecule has 0 aliphatic rings. The Labute approximate surface area is 79.4 Å². The summed E-state index contributed by atoms with van der Waals surface area (Å²) in [7, 11) is 0. The molecule has 0 heterocycles. The highest BCUT2D eigenvalue weighted by Crippen LogP contribution is 2.17. The van der Waals surface area contributed by atoms with Crippen LogP contribution >= 0.6 is 12.6 Å². The van der Waals surface area contributed by atoms with Crippen molar-refractivity contribution in [2.45, 2.75) is 30.7 Å². The van der Waals surface area contributed by atoms with Crippen molar-refractivity contribution in [2.24, 2.45) is 5.73 Å². The fraction of sp³-hybridized carbons (Fsp3) is 0.400. The zero-order chi connectivity index (χ0) is 8.97. The van der Waals surface area contributed by atoms with Crippen LogP contribution in [-0.4, -0.2) is 0 Å². The van der Waals surface area contributed by atoms with Gasteiger partial charge in [-0.15, -0.1) is 12.6 Å². The first-order valence-corrected chi connectivity index (χ1v) is 4.73. The summed E-state index contributed by atoms with van der Waals surface area (Å²) in [4.78, 5) is 0.988. The SMILES string of the molecule is CCCC(N)c1ccc(S)cc1. The van der Waals surface area contributed by atoms with Gasteiger partial charge in [-0.1, -0.05) is 25.5 Å². The van der Waals surface area contributed by atoms with Crippen molar-refractivity contribution in [1.82, 2.24) is 0 Å². The van der Waals surface area contributed by atoms with Crippen LogP contribution in [0.4, 0.5) is 0 Å². The summed E-state index contributed by atoms with van der Waals surface area (Å²) in [5, 5.41) is 0. The highest BCUT2D eigenvalue weighted by Gasteiger charge is 2.02. The second-order valence-electron chi connectivity index (χ2n) is 2.99. The van der Waals surface area contributed by atoms with Crippen LogP contribution in [0.1, 0.15) is 31.4 Å². The van der Waals surface area contributed by atoms with E-state index in [9.17, 15) is 0 Å². The van der Waals surface area contributed by atoms with Crippen molar-refractivity contribution < 1.29 is 0 Å². The summed E-state index contributed by atoms with van der Waals surface area (Å²) in [5.41, 5.74) is 7.13. The summed E-state index contributed by atoms with van der Waals surface area (Å²) in [6.45, 7) is 2.15. The molecule has 1 unspecified atom stereocenters. The quantitative estimate of drug-likeness (QED) is 0.689. The van der Waals surface area contributed by atoms with Crippen molar-refractivity contribution in [2.75, 3.05) is 0 Å². The highest BCUT2D eigenvalue weighted by molar-refractivity contribution is 7.80. The molecule has 1 aromatic rings. The lowest BCUT2D eigenvalue weighted by Crippen LogP contribution is -2.09. The lowest BCUT2D eigenvalue weighted by atomic mass is 10.0. The molecule has 2 N–H and O–H groups in total. The van der Waals surface area contributed by atoms with Crippen LogP contribution in [0.5, 0.6) is 0 Å². The Balaban J connectivity index is 2.68. The monoisotopic (exact) mass is 181 g/mol. The van der Waals surface area contributed by atoms with Crippen LogP contribution in [0.3, 0.4) is 0 Å². The molecule has 0 saturated heterocycles. The first-order valence-electron chi connectivity index (χ1n) is 4.28. The highest BCUT2D eigenvalue weighted by atomic mass is 32.1. The van der Waals surface area contributed by atoms with E-state index in [1.807, 2.05) is 24.3 Å². The Morgan fingerprint density at radius 1 is 1.33 bits per heavy atom. The van der Waals surface area contributed by atoms with Crippen LogP contribution in [-0.2, 0) is 0 Å². The molecule has 0 amide bonds. The third-order valence-electron chi connectivity index (χ3n) is 1.92. The van der Waals surface area contributed by atoms with Crippen molar-refractivity contribution >= 4 is 12.6 Å². The molecule has 1 nitrogen and oxygen atoms in total. The number of hydrogen-bond donors (Lipinski definition) is 2. The van der Waals surface area contributed by atoms with E-state index >= 15 is 0 Å². The second kappa shape index (κ2) is 4.53. The van der Waals surface area contributed by atoms with Gasteiger partial charge < -0.3 is 5.73 Å². The van der Waals surface area contributed by atoms with Gasteiger partial charge in [0.25, 0.3) is 0 Å². The molecule has 12 heavy (non-hydrogen) atoms. The average molecular weight is 181 g/mol. The molecule has 0 aliphatic carbocycles. The van der Waals surface area contributed by atoms with Crippen molar-refractivity contribution in [3.8, 4) is 0 Å². The number of thiol groups is 1. The van der Waals surface area contributed by atoms with E-state index in [4.69, 9.17) is 5.73 Å². The van der Waals surface area contributed by atoms with Gasteiger partial charge in [0.2, 0.25) is 0 Å². The van der Waals surface area contributed by atoms with Gasteiger partial charge in [-0.25, -0.2) is 0 Å². The molecule has 0 saturated carbocycles. The lowest BCUT2D eigenvalue weighted by Gasteiger charge is -2.09. The normalized spacial score (nSPS) is 12.9. The first-order chi connectivity index (χ1) is 5.74. The maximum absolute atomic E-state index is 5.93. The van der Waals surface area contributed by atoms with Gasteiger partial charge in [0.1, 0.15) is 0 Å². The Kier molecular flexibility index (Phi) is 3.63. The number of rotatable bonds is 3. The largest absolute Gasteiger partial charge is 0.324 e. The van der Waals surface area contributed by atoms with Crippen LogP contribution < -0.4 is 5.73 Å². The summed E-state index contributed by atoms with van der Waals surface area (Å²) in [5.74, 6) is 0. The average Bonchev–Trinajstić information content (AvgIpc) is 2.06. The van der Waals surface area contributed by atoms with Crippen LogP contribution in [0, 0.1) is 0 Å². The summed E-state index contributed by atoms with van der Waals surface area (Å²) in [6.07, 6.45) is 2.18. The fourth-order valence-corrected chi connectivity index (χ4v) is 1.35. The number of nitrogens with two attached hydrogens (primary N) is 1. The van der Waals surface area contributed by atoms with E-state index in [1.54, 1.807) is 0 Å². The van der Waals surface area contributed by atoms with Crippen LogP contribution in [0.25, 0.3) is 0 Å². The minimum atomic E-state index is 0.184. The van der Waals surface area contributed by atoms with Gasteiger partial charge in [-0.3, -0.25) is 0 Å². The van der Waals surface area contributed by atoms with E-state index in [0.717, 1.165) is 17.7 Å². The van der Waals surface area contributed by atoms with E-state index in [2.05, 4.69) is 19.6 Å². The first kappa shape index (κ1) is 9.62. The van der Waals surface area contributed by atoms with Gasteiger partial charge in [-0.2, -0.15) is 0 Å². The molecule has 0 aliphatic heterocycles. The second-order valence-corrected chi connectivity index (χ2v) is 3.50. The number of benzene rings is 1. The van der Waals surface area contributed by atoms with Gasteiger partial charge in [0.15, 0.2) is 0 Å². The number of hydrogen-bond acceptors (Lipinski definition) is 2. The molecule has 1 atom stereocenters. The summed E-state index contributed by atoms with van der Waals surface area (Å²) in [6, 6.07) is 8.23. The molecule has 0 fully saturated rings. The van der Waals surface area contributed by atoms with Gasteiger partial charge in [0, 0.05) is 10.9 Å². The van der Waals surface area contributed by atoms with E-state index in [0.29, 0.717) is 0 Å². The lowest BCUT2D eigenvalue weighted by molar-refractivity contribution is 0.638. The summed E-state index contributed by atoms with van der Waals surface area (Å²) < 4.78 is 0. The van der Waals surface area contributed by atoms with Crippen LogP contribution in [0.15, 0.2) is 29.2 Å². The smallest absolute Gasteiger partial charge is 0.0294 e. The fourth-order valence-electron chi connectivity index (χ4n) is 1.20. The van der Waals surface area contributed by atoms with Gasteiger partial charge in [0.05, 0.1) is 0 Å². The predicted molar refractivity (Wildman–Crippen MR) is 55.5 cm³/mol. The maximum Gasteiger partial charge on any atom is 0.0294 e. The Morgan fingerprint density at radius 2 is 1.92 bits per heavy atom. The Morgan fingerprint density at radius 3 is 2.42 bits per heavy atom. The minimum Gasteiger partial charge on any atom is -0.324 e. The third kappa shape index (κ3) is 2.54. The van der Waals surface area contributed by atoms with Gasteiger partial charge in [-0.05, 0) is 24.1 Å². The zero-order valence-corrected chi connectivity index (χ0v) is 8.22. The Bertz CT molecular complexity index is 230.